The van der Waals surface area contributed by atoms with Crippen LogP contribution in [-0.4, -0.2) is 38.0 Å². The van der Waals surface area contributed by atoms with Crippen molar-refractivity contribution in [2.24, 2.45) is 0 Å². The van der Waals surface area contributed by atoms with E-state index in [-0.39, 0.29) is 11.7 Å². The summed E-state index contributed by atoms with van der Waals surface area (Å²) >= 11 is 2.79. The Balaban J connectivity index is 1.42. The third kappa shape index (κ3) is 3.00. The van der Waals surface area contributed by atoms with Gasteiger partial charge in [-0.3, -0.25) is 9.36 Å². The molecule has 0 saturated carbocycles. The summed E-state index contributed by atoms with van der Waals surface area (Å²) in [5.74, 6) is 1.01. The minimum atomic E-state index is -0.0924. The van der Waals surface area contributed by atoms with Crippen LogP contribution in [0.2, 0.25) is 0 Å². The first-order valence-electron chi connectivity index (χ1n) is 7.39. The number of carbonyl (C=O) groups excluding carboxylic acids is 1. The molecule has 0 unspecified atom stereocenters. The Hall–Kier alpha value is -2.39. The van der Waals surface area contributed by atoms with Crippen molar-refractivity contribution in [2.75, 3.05) is 22.5 Å². The predicted octanol–water partition coefficient (Wildman–Crippen LogP) is 2.62. The molecule has 1 aromatic carbocycles. The summed E-state index contributed by atoms with van der Waals surface area (Å²) < 4.78 is 2.05. The highest BCUT2D eigenvalue weighted by Gasteiger charge is 2.26. The van der Waals surface area contributed by atoms with Gasteiger partial charge in [-0.2, -0.15) is 0 Å². The minimum Gasteiger partial charge on any atom is -0.309 e. The Bertz CT molecular complexity index is 833. The smallest absolute Gasteiger partial charge is 0.236 e. The quantitative estimate of drug-likeness (QED) is 0.707. The molecular weight excluding hydrogens is 344 g/mol. The normalized spacial score (nSPS) is 13.1. The first-order valence-corrected chi connectivity index (χ1v) is 9.26. The van der Waals surface area contributed by atoms with Crippen LogP contribution in [0.25, 0.3) is 0 Å². The van der Waals surface area contributed by atoms with Crippen molar-refractivity contribution in [2.45, 2.75) is 11.7 Å². The molecule has 3 aromatic rings. The van der Waals surface area contributed by atoms with Crippen molar-refractivity contribution < 1.29 is 4.79 Å². The average molecular weight is 358 g/mol. The number of aromatic nitrogens is 4. The zero-order chi connectivity index (χ0) is 16.4. The molecule has 0 aliphatic carbocycles. The zero-order valence-electron chi connectivity index (χ0n) is 12.6. The second kappa shape index (κ2) is 6.62. The van der Waals surface area contributed by atoms with Gasteiger partial charge in [0.1, 0.15) is 0 Å². The van der Waals surface area contributed by atoms with Crippen molar-refractivity contribution in [3.8, 4) is 0 Å². The summed E-state index contributed by atoms with van der Waals surface area (Å²) in [6, 6.07) is 10.1. The summed E-state index contributed by atoms with van der Waals surface area (Å²) in [7, 11) is 0. The highest BCUT2D eigenvalue weighted by atomic mass is 32.2. The lowest BCUT2D eigenvalue weighted by molar-refractivity contribution is -0.113. The highest BCUT2D eigenvalue weighted by Crippen LogP contribution is 2.31. The van der Waals surface area contributed by atoms with Gasteiger partial charge in [-0.1, -0.05) is 30.0 Å². The SMILES string of the molecule is O=C(CSc1nnc2n1CCN2c1ccccc1)Nc1nccs1. The second-order valence-electron chi connectivity index (χ2n) is 5.10. The Morgan fingerprint density at radius 2 is 2.12 bits per heavy atom. The van der Waals surface area contributed by atoms with E-state index in [0.717, 1.165) is 29.9 Å². The van der Waals surface area contributed by atoms with Crippen LogP contribution in [0.4, 0.5) is 16.8 Å². The Morgan fingerprint density at radius 1 is 1.25 bits per heavy atom. The lowest BCUT2D eigenvalue weighted by Gasteiger charge is -2.14. The molecule has 4 rings (SSSR count). The lowest BCUT2D eigenvalue weighted by Crippen LogP contribution is -2.14. The van der Waals surface area contributed by atoms with Gasteiger partial charge in [-0.25, -0.2) is 4.98 Å². The van der Waals surface area contributed by atoms with Gasteiger partial charge in [0.25, 0.3) is 0 Å². The van der Waals surface area contributed by atoms with Gasteiger partial charge in [-0.15, -0.1) is 21.5 Å². The van der Waals surface area contributed by atoms with E-state index in [2.05, 4.69) is 37.5 Å². The maximum absolute atomic E-state index is 12.0. The molecule has 0 saturated heterocycles. The number of nitrogens with zero attached hydrogens (tertiary/aromatic N) is 5. The average Bonchev–Trinajstić information content (AvgIpc) is 3.32. The Morgan fingerprint density at radius 3 is 2.92 bits per heavy atom. The fourth-order valence-electron chi connectivity index (χ4n) is 2.51. The fraction of sp³-hybridized carbons (Fsp3) is 0.200. The third-order valence-electron chi connectivity index (χ3n) is 3.56. The third-order valence-corrected chi connectivity index (χ3v) is 5.22. The van der Waals surface area contributed by atoms with Crippen LogP contribution in [0.3, 0.4) is 0 Å². The number of thiazole rings is 1. The topological polar surface area (TPSA) is 75.9 Å². The van der Waals surface area contributed by atoms with E-state index in [1.54, 1.807) is 6.20 Å². The van der Waals surface area contributed by atoms with Gasteiger partial charge < -0.3 is 10.2 Å². The number of benzene rings is 1. The van der Waals surface area contributed by atoms with Gasteiger partial charge in [0.15, 0.2) is 10.3 Å². The first-order chi connectivity index (χ1) is 11.8. The lowest BCUT2D eigenvalue weighted by atomic mass is 10.3. The van der Waals surface area contributed by atoms with Crippen LogP contribution in [0.1, 0.15) is 0 Å². The van der Waals surface area contributed by atoms with Crippen LogP contribution in [0, 0.1) is 0 Å². The molecule has 0 atom stereocenters. The molecule has 1 N–H and O–H groups in total. The molecule has 0 spiro atoms. The maximum atomic E-state index is 12.0. The van der Waals surface area contributed by atoms with Crippen LogP contribution in [0.15, 0.2) is 47.1 Å². The van der Waals surface area contributed by atoms with Gasteiger partial charge in [0, 0.05) is 30.4 Å². The molecule has 2 aromatic heterocycles. The van der Waals surface area contributed by atoms with Crippen LogP contribution in [0.5, 0.6) is 0 Å². The summed E-state index contributed by atoms with van der Waals surface area (Å²) in [6.07, 6.45) is 1.66. The summed E-state index contributed by atoms with van der Waals surface area (Å²) in [4.78, 5) is 18.1. The fourth-order valence-corrected chi connectivity index (χ4v) is 3.81. The van der Waals surface area contributed by atoms with Gasteiger partial charge in [-0.05, 0) is 12.1 Å². The number of thioether (sulfide) groups is 1. The van der Waals surface area contributed by atoms with E-state index >= 15 is 0 Å². The van der Waals surface area contributed by atoms with E-state index in [0.29, 0.717) is 5.13 Å². The van der Waals surface area contributed by atoms with E-state index in [1.165, 1.54) is 23.1 Å². The largest absolute Gasteiger partial charge is 0.309 e. The molecule has 0 fully saturated rings. The monoisotopic (exact) mass is 358 g/mol. The maximum Gasteiger partial charge on any atom is 0.236 e. The molecule has 1 aliphatic heterocycles. The number of nitrogens with one attached hydrogen (secondary N) is 1. The molecule has 7 nitrogen and oxygen atoms in total. The number of hydrogen-bond donors (Lipinski definition) is 1. The standard InChI is InChI=1S/C15H14N6OS2/c22-12(17-13-16-6-9-23-13)10-24-15-19-18-14-20(7-8-21(14)15)11-4-2-1-3-5-11/h1-6,9H,7-8,10H2,(H,16,17,22). The van der Waals surface area contributed by atoms with E-state index in [4.69, 9.17) is 0 Å². The van der Waals surface area contributed by atoms with Crippen LogP contribution < -0.4 is 10.2 Å². The highest BCUT2D eigenvalue weighted by molar-refractivity contribution is 7.99. The second-order valence-corrected chi connectivity index (χ2v) is 6.93. The van der Waals surface area contributed by atoms with Crippen molar-refractivity contribution in [3.05, 3.63) is 41.9 Å². The van der Waals surface area contributed by atoms with Crippen LogP contribution in [-0.2, 0) is 11.3 Å². The number of rotatable bonds is 5. The number of amides is 1. The molecule has 9 heteroatoms. The zero-order valence-corrected chi connectivity index (χ0v) is 14.3. The summed E-state index contributed by atoms with van der Waals surface area (Å²) in [5, 5.41) is 14.5. The summed E-state index contributed by atoms with van der Waals surface area (Å²) in [6.45, 7) is 1.67. The minimum absolute atomic E-state index is 0.0924. The number of para-hydroxylation sites is 1. The van der Waals surface area contributed by atoms with Crippen molar-refractivity contribution >= 4 is 45.8 Å². The van der Waals surface area contributed by atoms with E-state index in [9.17, 15) is 4.79 Å². The van der Waals surface area contributed by atoms with E-state index in [1.807, 2.05) is 28.1 Å². The molecule has 1 aliphatic rings. The van der Waals surface area contributed by atoms with Crippen LogP contribution >= 0.6 is 23.1 Å². The molecule has 24 heavy (non-hydrogen) atoms. The van der Waals surface area contributed by atoms with E-state index < -0.39 is 0 Å². The predicted molar refractivity (Wildman–Crippen MR) is 94.9 cm³/mol. The number of fused-ring (bicyclic) bond motifs is 1. The molecule has 3 heterocycles. The van der Waals surface area contributed by atoms with Gasteiger partial charge >= 0.3 is 0 Å². The number of anilines is 3. The summed E-state index contributed by atoms with van der Waals surface area (Å²) in [5.41, 5.74) is 1.10. The molecule has 0 bridgehead atoms. The Kier molecular flexibility index (Phi) is 4.18. The van der Waals surface area contributed by atoms with Crippen molar-refractivity contribution in [1.29, 1.82) is 0 Å². The first kappa shape index (κ1) is 15.2. The van der Waals surface area contributed by atoms with Gasteiger partial charge in [0.05, 0.1) is 5.75 Å². The Labute approximate surface area is 146 Å². The van der Waals surface area contributed by atoms with Crippen molar-refractivity contribution in [3.63, 3.8) is 0 Å². The molecule has 0 radical (unpaired) electrons. The molecule has 1 amide bonds. The van der Waals surface area contributed by atoms with Crippen molar-refractivity contribution in [1.82, 2.24) is 19.7 Å². The number of hydrogen-bond acceptors (Lipinski definition) is 7. The number of carbonyl (C=O) groups is 1. The molecular formula is C15H14N6OS2. The van der Waals surface area contributed by atoms with Gasteiger partial charge in [0.2, 0.25) is 11.9 Å². The molecule has 122 valence electrons.